The fraction of sp³-hybridized carbons (Fsp3) is 1.00. The van der Waals surface area contributed by atoms with Crippen molar-refractivity contribution in [3.05, 3.63) is 0 Å². The van der Waals surface area contributed by atoms with Crippen LogP contribution in [0.25, 0.3) is 0 Å². The molecule has 0 radical (unpaired) electrons. The van der Waals surface area contributed by atoms with Crippen molar-refractivity contribution in [1.29, 1.82) is 0 Å². The minimum absolute atomic E-state index is 0.516. The van der Waals surface area contributed by atoms with Crippen molar-refractivity contribution in [2.75, 3.05) is 32.7 Å². The molecule has 0 spiro atoms. The molecule has 0 amide bonds. The van der Waals surface area contributed by atoms with Crippen LogP contribution in [0.3, 0.4) is 0 Å². The van der Waals surface area contributed by atoms with Crippen molar-refractivity contribution < 1.29 is 4.74 Å². The van der Waals surface area contributed by atoms with Gasteiger partial charge in [0.1, 0.15) is 0 Å². The first kappa shape index (κ1) is 18.6. The molecule has 4 heteroatoms. The van der Waals surface area contributed by atoms with Crippen LogP contribution in [0.2, 0.25) is 0 Å². The van der Waals surface area contributed by atoms with Crippen molar-refractivity contribution in [2.45, 2.75) is 96.7 Å². The number of piperidine rings is 1. The topological polar surface area (TPSA) is 19.0 Å². The third-order valence-electron chi connectivity index (χ3n) is 6.55. The van der Waals surface area contributed by atoms with Gasteiger partial charge in [0, 0.05) is 56.9 Å². The molecule has 1 atom stereocenters. The molecule has 24 heavy (non-hydrogen) atoms. The van der Waals surface area contributed by atoms with E-state index in [9.17, 15) is 0 Å². The average molecular weight is 338 g/mol. The highest BCUT2D eigenvalue weighted by molar-refractivity contribution is 4.93. The number of ether oxygens (including phenoxy) is 1. The summed E-state index contributed by atoms with van der Waals surface area (Å²) in [5.74, 6) is 0. The van der Waals surface area contributed by atoms with Crippen LogP contribution in [-0.4, -0.2) is 83.8 Å². The van der Waals surface area contributed by atoms with E-state index in [0.29, 0.717) is 30.3 Å². The first-order chi connectivity index (χ1) is 11.4. The lowest BCUT2D eigenvalue weighted by atomic mass is 9.86. The summed E-state index contributed by atoms with van der Waals surface area (Å²) in [6.07, 6.45) is 6.02. The third kappa shape index (κ3) is 4.32. The van der Waals surface area contributed by atoms with Crippen molar-refractivity contribution >= 4 is 0 Å². The number of rotatable bonds is 5. The molecule has 3 aliphatic rings. The van der Waals surface area contributed by atoms with Crippen molar-refractivity contribution in [2.24, 2.45) is 0 Å². The highest BCUT2D eigenvalue weighted by atomic mass is 16.5. The Hall–Kier alpha value is -0.160. The van der Waals surface area contributed by atoms with E-state index in [-0.39, 0.29) is 0 Å². The quantitative estimate of drug-likeness (QED) is 0.768. The SMILES string of the molecule is CC(C)N1CCC(OC2CC(N3CCN(C(C)C)[C@H](C)C3)C2)CC1. The van der Waals surface area contributed by atoms with Crippen LogP contribution in [-0.2, 0) is 4.74 Å². The molecule has 2 aliphatic heterocycles. The predicted octanol–water partition coefficient (Wildman–Crippen LogP) is 2.82. The van der Waals surface area contributed by atoms with E-state index < -0.39 is 0 Å². The molecule has 3 fully saturated rings. The molecular weight excluding hydrogens is 298 g/mol. The molecule has 0 aromatic heterocycles. The monoisotopic (exact) mass is 337 g/mol. The zero-order valence-corrected chi connectivity index (χ0v) is 16.6. The standard InChI is InChI=1S/C20H39N3O/c1-15(2)21-8-6-19(7-9-21)24-20-12-18(13-20)22-10-11-23(16(3)4)17(5)14-22/h15-20H,6-14H2,1-5H3/t17-,18?,20?/m1/s1. The minimum Gasteiger partial charge on any atom is -0.375 e. The van der Waals surface area contributed by atoms with E-state index in [4.69, 9.17) is 4.74 Å². The van der Waals surface area contributed by atoms with Gasteiger partial charge in [-0.3, -0.25) is 9.80 Å². The van der Waals surface area contributed by atoms with Gasteiger partial charge in [0.2, 0.25) is 0 Å². The second-order valence-corrected chi connectivity index (χ2v) is 8.89. The summed E-state index contributed by atoms with van der Waals surface area (Å²) in [5.41, 5.74) is 0. The maximum Gasteiger partial charge on any atom is 0.0608 e. The van der Waals surface area contributed by atoms with Crippen LogP contribution in [0.15, 0.2) is 0 Å². The van der Waals surface area contributed by atoms with Gasteiger partial charge in [-0.05, 0) is 60.3 Å². The van der Waals surface area contributed by atoms with Crippen LogP contribution < -0.4 is 0 Å². The van der Waals surface area contributed by atoms with E-state index in [0.717, 1.165) is 6.04 Å². The summed E-state index contributed by atoms with van der Waals surface area (Å²) < 4.78 is 6.40. The molecule has 0 aromatic carbocycles. The first-order valence-electron chi connectivity index (χ1n) is 10.3. The van der Waals surface area contributed by atoms with Gasteiger partial charge in [0.15, 0.2) is 0 Å². The Balaban J connectivity index is 1.35. The zero-order valence-electron chi connectivity index (χ0n) is 16.6. The molecule has 0 aromatic rings. The number of hydrogen-bond donors (Lipinski definition) is 0. The fourth-order valence-electron chi connectivity index (χ4n) is 4.85. The molecule has 140 valence electrons. The molecular formula is C20H39N3O. The van der Waals surface area contributed by atoms with Crippen LogP contribution in [0.4, 0.5) is 0 Å². The van der Waals surface area contributed by atoms with E-state index in [1.54, 1.807) is 0 Å². The number of hydrogen-bond acceptors (Lipinski definition) is 4. The van der Waals surface area contributed by atoms with Gasteiger partial charge in [0.25, 0.3) is 0 Å². The molecule has 1 aliphatic carbocycles. The minimum atomic E-state index is 0.516. The lowest BCUT2D eigenvalue weighted by Gasteiger charge is -2.50. The molecule has 0 unspecified atom stereocenters. The second kappa shape index (κ2) is 8.03. The Morgan fingerprint density at radius 3 is 2.04 bits per heavy atom. The summed E-state index contributed by atoms with van der Waals surface area (Å²) in [6.45, 7) is 17.8. The summed E-state index contributed by atoms with van der Waals surface area (Å²) in [5, 5.41) is 0. The highest BCUT2D eigenvalue weighted by Gasteiger charge is 2.39. The van der Waals surface area contributed by atoms with Crippen LogP contribution in [0, 0.1) is 0 Å². The fourth-order valence-corrected chi connectivity index (χ4v) is 4.85. The van der Waals surface area contributed by atoms with Crippen molar-refractivity contribution in [1.82, 2.24) is 14.7 Å². The summed E-state index contributed by atoms with van der Waals surface area (Å²) in [6, 6.07) is 2.84. The molecule has 4 nitrogen and oxygen atoms in total. The van der Waals surface area contributed by atoms with Gasteiger partial charge in [0.05, 0.1) is 12.2 Å². The number of piperazine rings is 1. The smallest absolute Gasteiger partial charge is 0.0608 e. The summed E-state index contributed by atoms with van der Waals surface area (Å²) in [4.78, 5) is 7.95. The molecule has 3 rings (SSSR count). The van der Waals surface area contributed by atoms with Gasteiger partial charge in [-0.1, -0.05) is 0 Å². The Bertz CT molecular complexity index is 386. The molecule has 0 N–H and O–H groups in total. The average Bonchev–Trinajstić information content (AvgIpc) is 2.50. The molecule has 1 saturated carbocycles. The molecule has 0 bridgehead atoms. The summed E-state index contributed by atoms with van der Waals surface area (Å²) in [7, 11) is 0. The van der Waals surface area contributed by atoms with Gasteiger partial charge in [-0.15, -0.1) is 0 Å². The normalized spacial score (nSPS) is 34.9. The Morgan fingerprint density at radius 2 is 1.50 bits per heavy atom. The Morgan fingerprint density at radius 1 is 0.833 bits per heavy atom. The van der Waals surface area contributed by atoms with E-state index in [1.165, 1.54) is 58.4 Å². The number of likely N-dealkylation sites (tertiary alicyclic amines) is 1. The second-order valence-electron chi connectivity index (χ2n) is 8.89. The van der Waals surface area contributed by atoms with Gasteiger partial charge >= 0.3 is 0 Å². The van der Waals surface area contributed by atoms with E-state index >= 15 is 0 Å². The first-order valence-corrected chi connectivity index (χ1v) is 10.3. The lowest BCUT2D eigenvalue weighted by Crippen LogP contribution is -2.60. The van der Waals surface area contributed by atoms with Crippen LogP contribution in [0.5, 0.6) is 0 Å². The maximum absolute atomic E-state index is 6.40. The lowest BCUT2D eigenvalue weighted by molar-refractivity contribution is -0.113. The van der Waals surface area contributed by atoms with Gasteiger partial charge < -0.3 is 9.64 Å². The Labute approximate surface area is 149 Å². The Kier molecular flexibility index (Phi) is 6.23. The summed E-state index contributed by atoms with van der Waals surface area (Å²) >= 11 is 0. The van der Waals surface area contributed by atoms with Crippen molar-refractivity contribution in [3.8, 4) is 0 Å². The van der Waals surface area contributed by atoms with Gasteiger partial charge in [-0.2, -0.15) is 0 Å². The largest absolute Gasteiger partial charge is 0.375 e. The molecule has 2 heterocycles. The van der Waals surface area contributed by atoms with Gasteiger partial charge in [-0.25, -0.2) is 0 Å². The zero-order chi connectivity index (χ0) is 17.3. The maximum atomic E-state index is 6.40. The van der Waals surface area contributed by atoms with E-state index in [1.807, 2.05) is 0 Å². The van der Waals surface area contributed by atoms with Crippen LogP contribution in [0.1, 0.15) is 60.3 Å². The van der Waals surface area contributed by atoms with E-state index in [2.05, 4.69) is 49.3 Å². The predicted molar refractivity (Wildman–Crippen MR) is 101 cm³/mol. The molecule has 2 saturated heterocycles. The van der Waals surface area contributed by atoms with Crippen LogP contribution >= 0.6 is 0 Å². The third-order valence-corrected chi connectivity index (χ3v) is 6.55. The number of nitrogens with zero attached hydrogens (tertiary/aromatic N) is 3. The van der Waals surface area contributed by atoms with Crippen molar-refractivity contribution in [3.63, 3.8) is 0 Å². The highest BCUT2D eigenvalue weighted by Crippen LogP contribution is 2.32.